The molecule has 2 aromatic rings. The molecule has 0 spiro atoms. The van der Waals surface area contributed by atoms with E-state index in [1.165, 1.54) is 50.4 Å². The molecule has 15 atom stereocenters. The molecule has 2 aliphatic heterocycles. The fraction of sp³-hybridized carbons (Fsp3) is 0.625. The number of rotatable bonds is 31. The van der Waals surface area contributed by atoms with Crippen LogP contribution in [-0.4, -0.2) is 201 Å². The highest BCUT2D eigenvalue weighted by Crippen LogP contribution is 2.35. The molecule has 7 unspecified atom stereocenters. The SMILES string of the molecule is C=CCOC(=O)c1cc(COC(=O)N(C)[C@H](C(=O)N[C@H](C(=O)N(C)[C@@H](C(C)CC)C(CC(=O)N2CCCC2[C@H](OC)C(C)C(=O)N[C@H](C)C(O)c2ccccc2)OC)C(C)C)C(C)C)ccc1OC1OC(C(=O)OC)[C@@H](OC(C)=O)[C@H](OC(C)=O)[C@H]1OC(C)=O. The molecule has 2 aliphatic rings. The Bertz CT molecular complexity index is 2800. The van der Waals surface area contributed by atoms with Gasteiger partial charge in [-0.3, -0.25) is 38.5 Å². The molecule has 90 heavy (non-hydrogen) atoms. The summed E-state index contributed by atoms with van der Waals surface area (Å²) in [6.07, 6.45) is -9.21. The van der Waals surface area contributed by atoms with Crippen molar-refractivity contribution < 1.29 is 100 Å². The van der Waals surface area contributed by atoms with Crippen molar-refractivity contribution in [3.8, 4) is 5.75 Å². The molecule has 0 aliphatic carbocycles. The molecule has 2 fully saturated rings. The maximum Gasteiger partial charge on any atom is 0.410 e. The summed E-state index contributed by atoms with van der Waals surface area (Å²) in [5.41, 5.74) is 0.555. The Morgan fingerprint density at radius 2 is 1.40 bits per heavy atom. The molecule has 4 rings (SSSR count). The Morgan fingerprint density at radius 3 is 1.96 bits per heavy atom. The van der Waals surface area contributed by atoms with Crippen molar-refractivity contribution in [1.82, 2.24) is 25.3 Å². The van der Waals surface area contributed by atoms with E-state index in [0.29, 0.717) is 31.4 Å². The molecular weight excluding hydrogens is 1170 g/mol. The zero-order chi connectivity index (χ0) is 67.4. The van der Waals surface area contributed by atoms with Crippen LogP contribution in [0.4, 0.5) is 4.79 Å². The Hall–Kier alpha value is -7.68. The number of hydrogen-bond donors (Lipinski definition) is 3. The van der Waals surface area contributed by atoms with E-state index in [1.54, 1.807) is 77.8 Å². The van der Waals surface area contributed by atoms with Crippen molar-refractivity contribution >= 4 is 59.6 Å². The van der Waals surface area contributed by atoms with Crippen molar-refractivity contribution in [2.24, 2.45) is 23.7 Å². The van der Waals surface area contributed by atoms with Crippen molar-refractivity contribution in [3.05, 3.63) is 77.9 Å². The number of aliphatic hydroxyl groups is 1. The number of benzene rings is 2. The summed E-state index contributed by atoms with van der Waals surface area (Å²) < 4.78 is 56.2. The zero-order valence-electron chi connectivity index (χ0n) is 54.6. The Labute approximate surface area is 527 Å². The second kappa shape index (κ2) is 35.1. The van der Waals surface area contributed by atoms with Crippen molar-refractivity contribution in [1.29, 1.82) is 0 Å². The minimum atomic E-state index is -1.84. The van der Waals surface area contributed by atoms with E-state index in [1.807, 2.05) is 19.9 Å². The zero-order valence-corrected chi connectivity index (χ0v) is 54.6. The van der Waals surface area contributed by atoms with E-state index >= 15 is 0 Å². The predicted molar refractivity (Wildman–Crippen MR) is 323 cm³/mol. The quantitative estimate of drug-likeness (QED) is 0.0508. The molecule has 2 aromatic carbocycles. The van der Waals surface area contributed by atoms with Gasteiger partial charge in [-0.25, -0.2) is 14.4 Å². The van der Waals surface area contributed by atoms with Gasteiger partial charge in [0.05, 0.1) is 55.9 Å². The highest BCUT2D eigenvalue weighted by molar-refractivity contribution is 5.93. The number of likely N-dealkylation sites (N-methyl/N-ethyl adjacent to an activating group) is 2. The van der Waals surface area contributed by atoms with E-state index in [4.69, 9.17) is 47.4 Å². The molecule has 0 radical (unpaired) electrons. The highest BCUT2D eigenvalue weighted by atomic mass is 16.7. The van der Waals surface area contributed by atoms with Crippen LogP contribution < -0.4 is 15.4 Å². The first kappa shape index (κ1) is 74.8. The second-order valence-electron chi connectivity index (χ2n) is 23.3. The number of carbonyl (C=O) groups excluding carboxylic acids is 10. The summed E-state index contributed by atoms with van der Waals surface area (Å²) in [5, 5.41) is 16.8. The van der Waals surface area contributed by atoms with Crippen molar-refractivity contribution in [2.45, 2.75) is 188 Å². The van der Waals surface area contributed by atoms with Gasteiger partial charge in [0.25, 0.3) is 0 Å². The molecule has 3 N–H and O–H groups in total. The monoisotopic (exact) mass is 1270 g/mol. The number of esters is 5. The van der Waals surface area contributed by atoms with Gasteiger partial charge in [0.1, 0.15) is 36.6 Å². The van der Waals surface area contributed by atoms with Crippen molar-refractivity contribution in [2.75, 3.05) is 48.6 Å². The molecule has 5 amide bonds. The van der Waals surface area contributed by atoms with Gasteiger partial charge in [-0.15, -0.1) is 0 Å². The smallest absolute Gasteiger partial charge is 0.410 e. The van der Waals surface area contributed by atoms with E-state index in [9.17, 15) is 53.1 Å². The van der Waals surface area contributed by atoms with Crippen LogP contribution in [0.1, 0.15) is 129 Å². The Kier molecular flexibility index (Phi) is 29.1. The first-order valence-electron chi connectivity index (χ1n) is 30.2. The molecule has 0 bridgehead atoms. The lowest BCUT2D eigenvalue weighted by molar-refractivity contribution is -0.282. The third-order valence-electron chi connectivity index (χ3n) is 16.1. The van der Waals surface area contributed by atoms with Crippen LogP contribution in [0.5, 0.6) is 5.75 Å². The number of amides is 5. The molecule has 0 saturated carbocycles. The third kappa shape index (κ3) is 19.7. The number of hydrogen-bond acceptors (Lipinski definition) is 21. The number of nitrogens with zero attached hydrogens (tertiary/aromatic N) is 3. The predicted octanol–water partition coefficient (Wildman–Crippen LogP) is 4.99. The second-order valence-corrected chi connectivity index (χ2v) is 23.3. The minimum Gasteiger partial charge on any atom is -0.467 e. The van der Waals surface area contributed by atoms with Gasteiger partial charge in [-0.2, -0.15) is 0 Å². The van der Waals surface area contributed by atoms with Crippen LogP contribution in [0.25, 0.3) is 0 Å². The minimum absolute atomic E-state index is 0.122. The van der Waals surface area contributed by atoms with E-state index in [2.05, 4.69) is 17.2 Å². The van der Waals surface area contributed by atoms with E-state index in [-0.39, 0.29) is 47.6 Å². The number of carbonyl (C=O) groups is 10. The molecule has 500 valence electrons. The molecule has 2 saturated heterocycles. The highest BCUT2D eigenvalue weighted by Gasteiger charge is 2.56. The van der Waals surface area contributed by atoms with Gasteiger partial charge in [0.2, 0.25) is 36.0 Å². The lowest BCUT2D eigenvalue weighted by Crippen LogP contribution is -2.64. The third-order valence-corrected chi connectivity index (χ3v) is 16.1. The molecule has 2 heterocycles. The fourth-order valence-corrected chi connectivity index (χ4v) is 11.4. The molecule has 0 aromatic heterocycles. The average Bonchev–Trinajstić information content (AvgIpc) is 0.847. The standard InChI is InChI=1S/C64H93N5O21/c1-18-30-84-61(78)44-31-42(27-28-46(44)89-63-57(88-41(12)72)55(87-40(11)71)54(86-39(10)70)56(90-63)62(79)83-17)33-85-64(80)68(14)50(35(5)6)59(76)66-49(34(3)4)60(77)67(13)51(36(7)19-2)47(81-15)32-48(73)69-29-23-26-45(69)53(82-16)37(8)58(75)65-38(9)52(74)43-24-21-20-22-25-43/h18,20-22,24-25,27-28,31,34-38,45,47,49-57,63,74H,1,19,23,26,29-30,32-33H2,2-17H3,(H,65,75)(H,66,76)/t36?,37?,38-,45?,47?,49+,50+,51+,52?,53-,54+,55+,56?,57-,63?/m1/s1. The normalized spacial score (nSPS) is 21.1. The van der Waals surface area contributed by atoms with Crippen LogP contribution in [-0.2, 0) is 87.6 Å². The lowest BCUT2D eigenvalue weighted by atomic mass is 9.89. The van der Waals surface area contributed by atoms with Crippen LogP contribution in [0.2, 0.25) is 0 Å². The summed E-state index contributed by atoms with van der Waals surface area (Å²) >= 11 is 0. The summed E-state index contributed by atoms with van der Waals surface area (Å²) in [6.45, 7) is 20.6. The maximum atomic E-state index is 14.9. The first-order valence-corrected chi connectivity index (χ1v) is 30.2. The van der Waals surface area contributed by atoms with E-state index < -0.39 is 151 Å². The summed E-state index contributed by atoms with van der Waals surface area (Å²) in [5.74, 6) is -8.82. The van der Waals surface area contributed by atoms with Gasteiger partial charge in [0.15, 0.2) is 18.3 Å². The van der Waals surface area contributed by atoms with Gasteiger partial charge >= 0.3 is 35.9 Å². The Morgan fingerprint density at radius 1 is 0.778 bits per heavy atom. The van der Waals surface area contributed by atoms with Gasteiger partial charge in [-0.1, -0.05) is 104 Å². The van der Waals surface area contributed by atoms with Crippen LogP contribution in [0, 0.1) is 23.7 Å². The lowest BCUT2D eigenvalue weighted by Gasteiger charge is -2.43. The van der Waals surface area contributed by atoms with E-state index in [0.717, 1.165) is 32.8 Å². The van der Waals surface area contributed by atoms with Crippen LogP contribution >= 0.6 is 0 Å². The summed E-state index contributed by atoms with van der Waals surface area (Å²) in [4.78, 5) is 140. The van der Waals surface area contributed by atoms with Crippen LogP contribution in [0.3, 0.4) is 0 Å². The number of methoxy groups -OCH3 is 3. The number of likely N-dealkylation sites (tertiary alicyclic amines) is 1. The first-order chi connectivity index (χ1) is 42.5. The number of aliphatic hydroxyl groups excluding tert-OH is 1. The Balaban J connectivity index is 1.53. The average molecular weight is 1270 g/mol. The molecule has 26 nitrogen and oxygen atoms in total. The van der Waals surface area contributed by atoms with Gasteiger partial charge in [0, 0.05) is 55.6 Å². The fourth-order valence-electron chi connectivity index (χ4n) is 11.4. The topological polar surface area (TPSA) is 317 Å². The van der Waals surface area contributed by atoms with Gasteiger partial charge < -0.3 is 72.9 Å². The van der Waals surface area contributed by atoms with Gasteiger partial charge in [-0.05, 0) is 60.8 Å². The number of nitrogens with one attached hydrogen (secondary N) is 2. The summed E-state index contributed by atoms with van der Waals surface area (Å²) in [7, 11) is 6.95. The summed E-state index contributed by atoms with van der Waals surface area (Å²) in [6, 6.07) is 8.85. The van der Waals surface area contributed by atoms with Crippen LogP contribution in [0.15, 0.2) is 61.2 Å². The molecular formula is C64H93N5O21. The maximum absolute atomic E-state index is 14.9. The largest absolute Gasteiger partial charge is 0.467 e. The molecule has 26 heteroatoms. The number of ether oxygens (including phenoxy) is 10. The van der Waals surface area contributed by atoms with Crippen molar-refractivity contribution in [3.63, 3.8) is 0 Å².